The van der Waals surface area contributed by atoms with Gasteiger partial charge in [-0.15, -0.1) is 0 Å². The van der Waals surface area contributed by atoms with E-state index in [2.05, 4.69) is 115 Å². The van der Waals surface area contributed by atoms with E-state index >= 15 is 0 Å². The molecule has 1 fully saturated rings. The summed E-state index contributed by atoms with van der Waals surface area (Å²) in [7, 11) is 2.16. The highest BCUT2D eigenvalue weighted by Gasteiger charge is 2.18. The first-order chi connectivity index (χ1) is 53.0. The molecule has 3 amide bonds. The van der Waals surface area contributed by atoms with E-state index < -0.39 is 0 Å². The van der Waals surface area contributed by atoms with E-state index in [9.17, 15) is 28.8 Å². The van der Waals surface area contributed by atoms with E-state index in [1.54, 1.807) is 49.4 Å². The van der Waals surface area contributed by atoms with Crippen molar-refractivity contribution in [3.63, 3.8) is 0 Å². The first kappa shape index (κ1) is 74.3. The van der Waals surface area contributed by atoms with Crippen molar-refractivity contribution in [3.8, 4) is 35.1 Å². The molecule has 14 aromatic rings. The lowest BCUT2D eigenvalue weighted by Crippen LogP contribution is -2.43. The molecule has 0 bridgehead atoms. The number of nitrogens with zero attached hydrogens (tertiary/aromatic N) is 9. The van der Waals surface area contributed by atoms with Crippen LogP contribution in [-0.4, -0.2) is 110 Å². The Labute approximate surface area is 634 Å². The Bertz CT molecular complexity index is 6270. The van der Waals surface area contributed by atoms with E-state index in [-0.39, 0.29) is 34.4 Å². The number of fused-ring (bicyclic) bond motifs is 3. The quantitative estimate of drug-likeness (QED) is 0.0622. The van der Waals surface area contributed by atoms with Gasteiger partial charge in [0, 0.05) is 165 Å². The summed E-state index contributed by atoms with van der Waals surface area (Å²) < 4.78 is 3.81. The van der Waals surface area contributed by atoms with Gasteiger partial charge in [0.05, 0.1) is 24.0 Å². The molecule has 15 rings (SSSR count). The van der Waals surface area contributed by atoms with E-state index in [1.807, 2.05) is 197 Å². The van der Waals surface area contributed by atoms with Gasteiger partial charge in [0.15, 0.2) is 0 Å². The second kappa shape index (κ2) is 33.2. The molecule has 21 heteroatoms. The van der Waals surface area contributed by atoms with Crippen LogP contribution in [-0.2, 0) is 6.54 Å². The number of piperazine rings is 1. The molecule has 8 aromatic heterocycles. The molecule has 110 heavy (non-hydrogen) atoms. The molecule has 0 saturated carbocycles. The fourth-order valence-electron chi connectivity index (χ4n) is 12.6. The van der Waals surface area contributed by atoms with E-state index in [1.165, 1.54) is 23.8 Å². The number of aryl methyl sites for hydroxylation is 8. The molecule has 0 radical (unpaired) electrons. The van der Waals surface area contributed by atoms with Crippen molar-refractivity contribution in [2.24, 2.45) is 0 Å². The van der Waals surface area contributed by atoms with E-state index in [4.69, 9.17) is 0 Å². The molecule has 546 valence electrons. The topological polar surface area (TPSA) is 267 Å². The first-order valence-corrected chi connectivity index (χ1v) is 35.7. The van der Waals surface area contributed by atoms with Gasteiger partial charge in [-0.1, -0.05) is 60.1 Å². The number of hydrogen-bond acceptors (Lipinski definition) is 13. The zero-order valence-electron chi connectivity index (χ0n) is 62.3. The summed E-state index contributed by atoms with van der Waals surface area (Å²) in [6, 6.07) is 50.1. The van der Waals surface area contributed by atoms with Crippen LogP contribution in [0.2, 0.25) is 0 Å². The van der Waals surface area contributed by atoms with Gasteiger partial charge in [-0.05, 0) is 234 Å². The summed E-state index contributed by atoms with van der Waals surface area (Å²) in [5, 5.41) is 11.6. The van der Waals surface area contributed by atoms with Crippen molar-refractivity contribution in [2.75, 3.05) is 49.2 Å². The average molecular weight is 1450 g/mol. The monoisotopic (exact) mass is 1450 g/mol. The molecule has 6 aromatic carbocycles. The molecule has 6 N–H and O–H groups in total. The molecular weight excluding hydrogens is 1380 g/mol. The Morgan fingerprint density at radius 3 is 1.44 bits per heavy atom. The average Bonchev–Trinajstić information content (AvgIpc) is 1.45. The van der Waals surface area contributed by atoms with Gasteiger partial charge in [-0.2, -0.15) is 0 Å². The number of carbonyl (C=O) groups excluding carboxylic acids is 3. The Morgan fingerprint density at radius 2 is 0.900 bits per heavy atom. The molecule has 1 saturated heterocycles. The minimum absolute atomic E-state index is 0.166. The maximum absolute atomic E-state index is 13.2. The zero-order chi connectivity index (χ0) is 77.1. The Kier molecular flexibility index (Phi) is 22.4. The van der Waals surface area contributed by atoms with Crippen LogP contribution in [0.4, 0.5) is 17.1 Å². The number of rotatable bonds is 12. The highest BCUT2D eigenvalue weighted by atomic mass is 16.2. The number of carbonyl (C=O) groups is 3. The second-order valence-electron chi connectivity index (χ2n) is 27.6. The highest BCUT2D eigenvalue weighted by molar-refractivity contribution is 6.06. The number of aromatic amines is 3. The van der Waals surface area contributed by atoms with Crippen molar-refractivity contribution in [3.05, 3.63) is 339 Å². The van der Waals surface area contributed by atoms with Crippen molar-refractivity contribution in [1.29, 1.82) is 0 Å². The predicted octanol–water partition coefficient (Wildman–Crippen LogP) is 14.1. The third-order valence-corrected chi connectivity index (χ3v) is 18.5. The van der Waals surface area contributed by atoms with E-state index in [0.717, 1.165) is 144 Å². The van der Waals surface area contributed by atoms with Gasteiger partial charge < -0.3 is 44.9 Å². The van der Waals surface area contributed by atoms with Crippen molar-refractivity contribution >= 4 is 80.0 Å². The molecule has 21 nitrogen and oxygen atoms in total. The van der Waals surface area contributed by atoms with Crippen LogP contribution < -0.4 is 32.6 Å². The molecular formula is C89H79N15O6. The summed E-state index contributed by atoms with van der Waals surface area (Å²) in [5.74, 6) is 12.1. The summed E-state index contributed by atoms with van der Waals surface area (Å²) in [5.41, 5.74) is 20.8. The lowest BCUT2D eigenvalue weighted by Gasteiger charge is -2.32. The van der Waals surface area contributed by atoms with Gasteiger partial charge in [0.2, 0.25) is 16.7 Å². The zero-order valence-corrected chi connectivity index (χ0v) is 62.3. The fraction of sp³-hybridized carbons (Fsp3) is 0.157. The van der Waals surface area contributed by atoms with Crippen LogP contribution >= 0.6 is 0 Å². The number of imidazole rings is 2. The molecule has 0 spiro atoms. The summed E-state index contributed by atoms with van der Waals surface area (Å²) in [6.45, 7) is 20.9. The second-order valence-corrected chi connectivity index (χ2v) is 27.6. The van der Waals surface area contributed by atoms with Gasteiger partial charge in [-0.25, -0.2) is 24.9 Å². The van der Waals surface area contributed by atoms with Crippen LogP contribution in [0.5, 0.6) is 0 Å². The normalized spacial score (nSPS) is 12.1. The number of hydrogen-bond donors (Lipinski definition) is 6. The van der Waals surface area contributed by atoms with Crippen LogP contribution in [0, 0.1) is 79.1 Å². The SMILES string of the molecule is Cc1cc(C(=O)Nc2ccc(C)c(/C=C/c3cnc4[nH]c(=O)ccc4c3)c2)cc(-n2cnc(C)c2)c1.Cc1cc(C(=O)Nc2ccc(C)c(C#Cc3cnc4[nH]c(=O)ccc4c3)c2)cc(-n2cnc(C)c2)c1.Cc1cc(CN2CCN(C)CC2)cc(NC(=O)c2ccc(C)c(C#Cc3cnc4[nH]c(=O)ccc4c3)c2)c1. The molecule has 1 aliphatic heterocycles. The molecule has 0 atom stereocenters. The summed E-state index contributed by atoms with van der Waals surface area (Å²) in [6.07, 6.45) is 16.3. The fourth-order valence-corrected chi connectivity index (χ4v) is 12.6. The molecule has 9 heterocycles. The number of H-pyrrole nitrogens is 3. The molecule has 0 unspecified atom stereocenters. The number of aromatic nitrogens is 10. The number of pyridine rings is 6. The smallest absolute Gasteiger partial charge is 0.255 e. The number of nitrogens with one attached hydrogen (secondary N) is 6. The lowest BCUT2D eigenvalue weighted by atomic mass is 10.0. The minimum Gasteiger partial charge on any atom is -0.322 e. The van der Waals surface area contributed by atoms with Gasteiger partial charge in [0.25, 0.3) is 17.7 Å². The Hall–Kier alpha value is -14.0. The number of anilines is 3. The third-order valence-electron chi connectivity index (χ3n) is 18.5. The van der Waals surface area contributed by atoms with Crippen LogP contribution in [0.25, 0.3) is 56.6 Å². The van der Waals surface area contributed by atoms with Crippen molar-refractivity contribution in [1.82, 2.24) is 58.8 Å². The van der Waals surface area contributed by atoms with Crippen molar-refractivity contribution in [2.45, 2.75) is 61.9 Å². The third kappa shape index (κ3) is 19.2. The van der Waals surface area contributed by atoms with Crippen molar-refractivity contribution < 1.29 is 14.4 Å². The van der Waals surface area contributed by atoms with Crippen LogP contribution in [0.1, 0.15) is 115 Å². The highest BCUT2D eigenvalue weighted by Crippen LogP contribution is 2.25. The van der Waals surface area contributed by atoms with Crippen LogP contribution in [0.15, 0.2) is 222 Å². The Morgan fingerprint density at radius 1 is 0.427 bits per heavy atom. The lowest BCUT2D eigenvalue weighted by molar-refractivity contribution is 0.101. The number of amides is 3. The predicted molar refractivity (Wildman–Crippen MR) is 435 cm³/mol. The summed E-state index contributed by atoms with van der Waals surface area (Å²) >= 11 is 0. The van der Waals surface area contributed by atoms with Gasteiger partial charge in [-0.3, -0.25) is 33.7 Å². The molecule has 0 aliphatic carbocycles. The maximum atomic E-state index is 13.2. The van der Waals surface area contributed by atoms with E-state index in [0.29, 0.717) is 45.0 Å². The number of likely N-dealkylation sites (N-methyl/N-ethyl adjacent to an activating group) is 1. The van der Waals surface area contributed by atoms with Gasteiger partial charge in [0.1, 0.15) is 16.9 Å². The number of benzene rings is 6. The Balaban J connectivity index is 0.000000145. The van der Waals surface area contributed by atoms with Gasteiger partial charge >= 0.3 is 0 Å². The summed E-state index contributed by atoms with van der Waals surface area (Å²) in [4.78, 5) is 108. The van der Waals surface area contributed by atoms with Crippen LogP contribution in [0.3, 0.4) is 0 Å². The largest absolute Gasteiger partial charge is 0.322 e. The standard InChI is InChI=1S/C31H31N5O2.C29H25N5O2.C29H23N5O2/c1-21-14-24(20-36-12-10-35(3)11-13-36)17-28(15-21)33-31(38)27-6-4-22(2)25(18-27)7-5-23-16-26-8-9-29(37)34-30(26)32-19-23;2*1-18-10-24(14-26(11-18)34-16-20(3)31-17-34)29(36)32-25-8-4-19(2)22(13-25)6-5-21-12-23-7-9-27(35)33-28(23)30-15-21/h4,6,8-9,14-19H,10-13,20H2,1-3H3,(H,33,38)(H,32,34,37);4-17H,1-3H3,(H,32,36)(H,30,33,35);4,7-17H,1-3H3,(H,32,36)(H,30,33,35)/b;6-5+;. The molecule has 1 aliphatic rings. The maximum Gasteiger partial charge on any atom is 0.255 e. The minimum atomic E-state index is -0.202. The first-order valence-electron chi connectivity index (χ1n) is 35.7.